The first-order valence-corrected chi connectivity index (χ1v) is 7.58. The third-order valence-corrected chi connectivity index (χ3v) is 4.73. The van der Waals surface area contributed by atoms with Crippen molar-refractivity contribution in [3.05, 3.63) is 24.0 Å². The van der Waals surface area contributed by atoms with E-state index < -0.39 is 10.0 Å². The molecular weight excluding hydrogens is 294 g/mol. The molecule has 0 aliphatic heterocycles. The van der Waals surface area contributed by atoms with Crippen LogP contribution in [0.25, 0.3) is 0 Å². The third-order valence-electron chi connectivity index (χ3n) is 2.92. The second-order valence-electron chi connectivity index (χ2n) is 4.67. The fraction of sp³-hybridized carbons (Fsp3) is 0.364. The highest BCUT2D eigenvalue weighted by molar-refractivity contribution is 7.89. The zero-order chi connectivity index (χ0) is 15.6. The monoisotopic (exact) mass is 311 g/mol. The highest BCUT2D eigenvalue weighted by Gasteiger charge is 2.19. The van der Waals surface area contributed by atoms with Crippen LogP contribution in [0.5, 0.6) is 0 Å². The summed E-state index contributed by atoms with van der Waals surface area (Å²) in [5.41, 5.74) is 6.84. The molecule has 9 nitrogen and oxygen atoms in total. The van der Waals surface area contributed by atoms with E-state index in [1.54, 1.807) is 6.07 Å². The van der Waals surface area contributed by atoms with Gasteiger partial charge >= 0.3 is 0 Å². The van der Waals surface area contributed by atoms with Crippen LogP contribution in [0.4, 0.5) is 11.4 Å². The van der Waals surface area contributed by atoms with Crippen molar-refractivity contribution >= 4 is 21.4 Å². The normalized spacial score (nSPS) is 13.3. The molecule has 114 valence electrons. The van der Waals surface area contributed by atoms with Crippen LogP contribution in [-0.4, -0.2) is 47.4 Å². The van der Waals surface area contributed by atoms with E-state index in [4.69, 9.17) is 5.73 Å². The van der Waals surface area contributed by atoms with Gasteiger partial charge in [-0.15, -0.1) is 10.2 Å². The van der Waals surface area contributed by atoms with Crippen molar-refractivity contribution in [3.8, 4) is 0 Å². The molecule has 0 aliphatic carbocycles. The van der Waals surface area contributed by atoms with Gasteiger partial charge in [-0.05, 0) is 25.1 Å². The number of nitrogen functional groups attached to an aromatic ring is 1. The minimum Gasteiger partial charge on any atom is -0.397 e. The van der Waals surface area contributed by atoms with Gasteiger partial charge in [-0.3, -0.25) is 0 Å². The quantitative estimate of drug-likeness (QED) is 0.673. The smallest absolute Gasteiger partial charge is 0.242 e. The minimum atomic E-state index is -3.50. The molecule has 1 atom stereocenters. The first kappa shape index (κ1) is 15.2. The summed E-state index contributed by atoms with van der Waals surface area (Å²) in [6.45, 7) is 1.84. The van der Waals surface area contributed by atoms with Crippen LogP contribution in [0.2, 0.25) is 0 Å². The van der Waals surface area contributed by atoms with E-state index in [-0.39, 0.29) is 10.9 Å². The van der Waals surface area contributed by atoms with E-state index in [0.29, 0.717) is 17.2 Å². The number of tetrazole rings is 1. The molecule has 1 heterocycles. The summed E-state index contributed by atoms with van der Waals surface area (Å²) in [7, 11) is -0.565. The molecule has 0 amide bonds. The van der Waals surface area contributed by atoms with E-state index >= 15 is 0 Å². The largest absolute Gasteiger partial charge is 0.397 e. The van der Waals surface area contributed by atoms with Crippen molar-refractivity contribution in [2.75, 3.05) is 25.1 Å². The van der Waals surface area contributed by atoms with Gasteiger partial charge in [0.2, 0.25) is 10.0 Å². The zero-order valence-electron chi connectivity index (χ0n) is 11.9. The number of sulfonamides is 1. The molecule has 10 heteroatoms. The predicted molar refractivity (Wildman–Crippen MR) is 77.9 cm³/mol. The SMILES string of the molecule is CC(Nc1ccc(S(=O)(=O)N(C)C)cc1N)c1nn[nH]n1. The number of H-pyrrole nitrogens is 1. The summed E-state index contributed by atoms with van der Waals surface area (Å²) in [4.78, 5) is 0.141. The lowest BCUT2D eigenvalue weighted by Gasteiger charge is -2.16. The summed E-state index contributed by atoms with van der Waals surface area (Å²) < 4.78 is 25.2. The van der Waals surface area contributed by atoms with Crippen molar-refractivity contribution in [1.29, 1.82) is 0 Å². The van der Waals surface area contributed by atoms with Crippen LogP contribution in [0, 0.1) is 0 Å². The Morgan fingerprint density at radius 2 is 2.10 bits per heavy atom. The summed E-state index contributed by atoms with van der Waals surface area (Å²) >= 11 is 0. The Balaban J connectivity index is 2.24. The molecule has 0 saturated heterocycles. The topological polar surface area (TPSA) is 130 Å². The van der Waals surface area contributed by atoms with E-state index in [2.05, 4.69) is 25.9 Å². The number of nitrogens with one attached hydrogen (secondary N) is 2. The molecule has 21 heavy (non-hydrogen) atoms. The number of hydrogen-bond acceptors (Lipinski definition) is 7. The van der Waals surface area contributed by atoms with Gasteiger partial charge in [0.1, 0.15) is 0 Å². The summed E-state index contributed by atoms with van der Waals surface area (Å²) in [6.07, 6.45) is 0. The van der Waals surface area contributed by atoms with Gasteiger partial charge in [0.05, 0.1) is 22.3 Å². The average molecular weight is 311 g/mol. The number of nitrogens with zero attached hydrogens (tertiary/aromatic N) is 4. The predicted octanol–water partition coefficient (Wildman–Crippen LogP) is 0.205. The number of rotatable bonds is 5. The molecule has 1 unspecified atom stereocenters. The Morgan fingerprint density at radius 3 is 2.62 bits per heavy atom. The summed E-state index contributed by atoms with van der Waals surface area (Å²) in [6, 6.07) is 4.31. The third kappa shape index (κ3) is 3.11. The Hall–Kier alpha value is -2.20. The highest BCUT2D eigenvalue weighted by Crippen LogP contribution is 2.26. The van der Waals surface area contributed by atoms with Crippen molar-refractivity contribution in [2.45, 2.75) is 17.9 Å². The lowest BCUT2D eigenvalue weighted by atomic mass is 10.2. The number of aromatic nitrogens is 4. The van der Waals surface area contributed by atoms with Gasteiger partial charge in [0.25, 0.3) is 0 Å². The molecule has 2 rings (SSSR count). The van der Waals surface area contributed by atoms with Crippen LogP contribution in [-0.2, 0) is 10.0 Å². The van der Waals surface area contributed by atoms with Crippen molar-refractivity contribution < 1.29 is 8.42 Å². The van der Waals surface area contributed by atoms with Crippen LogP contribution in [0.1, 0.15) is 18.8 Å². The maximum atomic E-state index is 12.0. The molecule has 0 spiro atoms. The first-order valence-electron chi connectivity index (χ1n) is 6.14. The number of hydrogen-bond donors (Lipinski definition) is 3. The van der Waals surface area contributed by atoms with Crippen LogP contribution >= 0.6 is 0 Å². The molecular formula is C11H17N7O2S. The number of anilines is 2. The van der Waals surface area contributed by atoms with Crippen molar-refractivity contribution in [1.82, 2.24) is 24.9 Å². The van der Waals surface area contributed by atoms with Gasteiger partial charge in [0, 0.05) is 14.1 Å². The second kappa shape index (κ2) is 5.66. The van der Waals surface area contributed by atoms with Crippen LogP contribution in [0.15, 0.2) is 23.1 Å². The molecule has 4 N–H and O–H groups in total. The Labute approximate surface area is 122 Å². The standard InChI is InChI=1S/C11H17N7O2S/c1-7(11-14-16-17-15-11)13-10-5-4-8(6-9(10)12)21(19,20)18(2)3/h4-7,13H,12H2,1-3H3,(H,14,15,16,17). The molecule has 1 aromatic carbocycles. The van der Waals surface area contributed by atoms with E-state index in [1.165, 1.54) is 26.2 Å². The molecule has 0 bridgehead atoms. The zero-order valence-corrected chi connectivity index (χ0v) is 12.7. The number of nitrogens with two attached hydrogens (primary N) is 1. The van der Waals surface area contributed by atoms with E-state index in [9.17, 15) is 8.42 Å². The molecule has 0 fully saturated rings. The summed E-state index contributed by atoms with van der Waals surface area (Å²) in [5.74, 6) is 0.486. The maximum Gasteiger partial charge on any atom is 0.242 e. The van der Waals surface area contributed by atoms with Gasteiger partial charge in [0.15, 0.2) is 5.82 Å². The first-order chi connectivity index (χ1) is 9.82. The number of benzene rings is 1. The van der Waals surface area contributed by atoms with E-state index in [1.807, 2.05) is 6.92 Å². The fourth-order valence-electron chi connectivity index (χ4n) is 1.69. The van der Waals surface area contributed by atoms with Crippen molar-refractivity contribution in [3.63, 3.8) is 0 Å². The van der Waals surface area contributed by atoms with Crippen molar-refractivity contribution in [2.24, 2.45) is 0 Å². The lowest BCUT2D eigenvalue weighted by Crippen LogP contribution is -2.22. The molecule has 1 aromatic heterocycles. The Morgan fingerprint density at radius 1 is 1.38 bits per heavy atom. The van der Waals surface area contributed by atoms with Gasteiger partial charge in [-0.25, -0.2) is 12.7 Å². The average Bonchev–Trinajstić information content (AvgIpc) is 2.94. The van der Waals surface area contributed by atoms with Gasteiger partial charge in [-0.1, -0.05) is 5.21 Å². The van der Waals surface area contributed by atoms with Gasteiger partial charge < -0.3 is 11.1 Å². The molecule has 0 radical (unpaired) electrons. The molecule has 0 aliphatic rings. The second-order valence-corrected chi connectivity index (χ2v) is 6.82. The van der Waals surface area contributed by atoms with E-state index in [0.717, 1.165) is 4.31 Å². The van der Waals surface area contributed by atoms with Gasteiger partial charge in [-0.2, -0.15) is 5.21 Å². The minimum absolute atomic E-state index is 0.141. The highest BCUT2D eigenvalue weighted by atomic mass is 32.2. The maximum absolute atomic E-state index is 12.0. The summed E-state index contributed by atoms with van der Waals surface area (Å²) in [5, 5.41) is 16.7. The fourth-order valence-corrected chi connectivity index (χ4v) is 2.63. The molecule has 0 saturated carbocycles. The van der Waals surface area contributed by atoms with Crippen LogP contribution in [0.3, 0.4) is 0 Å². The van der Waals surface area contributed by atoms with Crippen LogP contribution < -0.4 is 11.1 Å². The molecule has 2 aromatic rings. The Bertz CT molecular complexity index is 712. The lowest BCUT2D eigenvalue weighted by molar-refractivity contribution is 0.521. The Kier molecular flexibility index (Phi) is 4.09. The number of aromatic amines is 1.